The maximum absolute atomic E-state index is 10.3. The van der Waals surface area contributed by atoms with Crippen molar-refractivity contribution in [3.05, 3.63) is 38.2 Å². The Hall–Kier alpha value is -2.08. The molecule has 0 aromatic heterocycles. The Morgan fingerprint density at radius 3 is 1.78 bits per heavy atom. The zero-order valence-corrected chi connectivity index (χ0v) is 14.5. The molecule has 0 N–H and O–H groups in total. The van der Waals surface area contributed by atoms with Gasteiger partial charge in [-0.1, -0.05) is 33.1 Å². The molecule has 0 aliphatic rings. The number of carbonyl (C=O) groups excluding carboxylic acids is 3. The third-order valence-electron chi connectivity index (χ3n) is 1.69. The van der Waals surface area contributed by atoms with E-state index < -0.39 is 5.97 Å². The molecule has 0 rings (SSSR count). The molecule has 0 aliphatic heterocycles. The lowest BCUT2D eigenvalue weighted by atomic mass is 10.4. The lowest BCUT2D eigenvalue weighted by Crippen LogP contribution is -2.00. The number of rotatable bonds is 8. The van der Waals surface area contributed by atoms with E-state index in [1.165, 1.54) is 6.08 Å². The Bertz CT molecular complexity index is 366. The fourth-order valence-electron chi connectivity index (χ4n) is 0.702. The molecule has 0 radical (unpaired) electrons. The molecular weight excluding hydrogens is 324 g/mol. The van der Waals surface area contributed by atoms with Crippen LogP contribution in [-0.2, 0) is 28.6 Å². The highest BCUT2D eigenvalue weighted by Gasteiger charge is 1.92. The van der Waals surface area contributed by atoms with E-state index in [4.69, 9.17) is 11.6 Å². The molecule has 23 heavy (non-hydrogen) atoms. The summed E-state index contributed by atoms with van der Waals surface area (Å²) >= 11 is 5.01. The van der Waals surface area contributed by atoms with Crippen LogP contribution in [-0.4, -0.2) is 37.0 Å². The fraction of sp³-hybridized carbons (Fsp3) is 0.438. The number of alkyl halides is 1. The van der Waals surface area contributed by atoms with Crippen LogP contribution in [0.15, 0.2) is 38.2 Å². The van der Waals surface area contributed by atoms with Crippen LogP contribution in [0.25, 0.3) is 0 Å². The van der Waals surface area contributed by atoms with Crippen molar-refractivity contribution >= 4 is 29.5 Å². The lowest BCUT2D eigenvalue weighted by molar-refractivity contribution is -0.138. The van der Waals surface area contributed by atoms with Gasteiger partial charge in [0.25, 0.3) is 0 Å². The number of hydrogen-bond acceptors (Lipinski definition) is 6. The van der Waals surface area contributed by atoms with E-state index >= 15 is 0 Å². The van der Waals surface area contributed by atoms with E-state index in [9.17, 15) is 14.4 Å². The van der Waals surface area contributed by atoms with E-state index in [2.05, 4.69) is 33.9 Å². The lowest BCUT2D eigenvalue weighted by Gasteiger charge is -1.97. The highest BCUT2D eigenvalue weighted by molar-refractivity contribution is 6.26. The summed E-state index contributed by atoms with van der Waals surface area (Å²) in [6.07, 6.45) is 5.34. The van der Waals surface area contributed by atoms with Crippen molar-refractivity contribution in [3.63, 3.8) is 0 Å². The quantitative estimate of drug-likeness (QED) is 0.167. The summed E-state index contributed by atoms with van der Waals surface area (Å²) in [7, 11) is 0. The molecule has 0 atom stereocenters. The van der Waals surface area contributed by atoms with Crippen LogP contribution in [0.5, 0.6) is 0 Å². The molecular formula is C16H25ClO6. The summed E-state index contributed by atoms with van der Waals surface area (Å²) in [6.45, 7) is 14.3. The first kappa shape index (κ1) is 25.9. The van der Waals surface area contributed by atoms with E-state index in [-0.39, 0.29) is 17.8 Å². The Kier molecular flexibility index (Phi) is 25.0. The zero-order valence-electron chi connectivity index (χ0n) is 13.7. The van der Waals surface area contributed by atoms with Gasteiger partial charge in [-0.15, -0.1) is 11.6 Å². The van der Waals surface area contributed by atoms with Gasteiger partial charge >= 0.3 is 17.9 Å². The van der Waals surface area contributed by atoms with Crippen LogP contribution < -0.4 is 0 Å². The summed E-state index contributed by atoms with van der Waals surface area (Å²) in [5, 5.41) is 0. The van der Waals surface area contributed by atoms with Crippen molar-refractivity contribution in [2.24, 2.45) is 0 Å². The smallest absolute Gasteiger partial charge is 0.330 e. The van der Waals surface area contributed by atoms with Crippen molar-refractivity contribution in [1.29, 1.82) is 0 Å². The Labute approximate surface area is 142 Å². The van der Waals surface area contributed by atoms with Gasteiger partial charge in [-0.25, -0.2) is 9.59 Å². The molecule has 0 amide bonds. The Morgan fingerprint density at radius 1 is 1.00 bits per heavy atom. The summed E-state index contributed by atoms with van der Waals surface area (Å²) < 4.78 is 13.3. The minimum absolute atomic E-state index is 0.119. The van der Waals surface area contributed by atoms with Crippen LogP contribution >= 0.6 is 11.6 Å². The number of carbonyl (C=O) groups is 3. The number of hydrogen-bond donors (Lipinski definition) is 0. The molecule has 7 heteroatoms. The molecule has 0 bridgehead atoms. The first-order valence-electron chi connectivity index (χ1n) is 6.87. The van der Waals surface area contributed by atoms with Crippen molar-refractivity contribution in [2.45, 2.75) is 26.7 Å². The average molecular weight is 349 g/mol. The predicted molar refractivity (Wildman–Crippen MR) is 89.9 cm³/mol. The molecule has 0 heterocycles. The Balaban J connectivity index is -0.000000264. The normalized spacial score (nSPS) is 7.96. The SMILES string of the molecule is C=CC(=O)OCC.C=CC(=O)OCCCC.C=COC(=O)CCl. The first-order chi connectivity index (χ1) is 10.9. The molecule has 0 unspecified atom stereocenters. The summed E-state index contributed by atoms with van der Waals surface area (Å²) in [6, 6.07) is 0. The first-order valence-corrected chi connectivity index (χ1v) is 7.41. The minimum atomic E-state index is -0.475. The Morgan fingerprint density at radius 2 is 1.52 bits per heavy atom. The van der Waals surface area contributed by atoms with Crippen molar-refractivity contribution in [3.8, 4) is 0 Å². The van der Waals surface area contributed by atoms with Gasteiger partial charge in [-0.05, 0) is 13.3 Å². The van der Waals surface area contributed by atoms with Crippen LogP contribution in [0.3, 0.4) is 0 Å². The highest BCUT2D eigenvalue weighted by Crippen LogP contribution is 1.88. The second-order valence-corrected chi connectivity index (χ2v) is 3.74. The summed E-state index contributed by atoms with van der Waals surface area (Å²) in [5.41, 5.74) is 0. The molecule has 0 fully saturated rings. The second-order valence-electron chi connectivity index (χ2n) is 3.47. The van der Waals surface area contributed by atoms with Crippen LogP contribution in [0.1, 0.15) is 26.7 Å². The van der Waals surface area contributed by atoms with Crippen LogP contribution in [0.4, 0.5) is 0 Å². The molecule has 6 nitrogen and oxygen atoms in total. The van der Waals surface area contributed by atoms with E-state index in [0.29, 0.717) is 13.2 Å². The zero-order chi connectivity index (χ0) is 18.5. The van der Waals surface area contributed by atoms with E-state index in [1.54, 1.807) is 6.92 Å². The van der Waals surface area contributed by atoms with Gasteiger partial charge in [0, 0.05) is 12.2 Å². The maximum atomic E-state index is 10.3. The van der Waals surface area contributed by atoms with E-state index in [0.717, 1.165) is 25.2 Å². The molecule has 0 aromatic rings. The molecule has 0 aromatic carbocycles. The topological polar surface area (TPSA) is 78.9 Å². The van der Waals surface area contributed by atoms with Crippen molar-refractivity contribution in [1.82, 2.24) is 0 Å². The maximum Gasteiger partial charge on any atom is 0.330 e. The number of esters is 3. The van der Waals surface area contributed by atoms with Crippen molar-refractivity contribution in [2.75, 3.05) is 19.1 Å². The number of unbranched alkanes of at least 4 members (excludes halogenated alkanes) is 1. The highest BCUT2D eigenvalue weighted by atomic mass is 35.5. The minimum Gasteiger partial charge on any atom is -0.463 e. The van der Waals surface area contributed by atoms with Crippen molar-refractivity contribution < 1.29 is 28.6 Å². The average Bonchev–Trinajstić information content (AvgIpc) is 2.56. The molecule has 132 valence electrons. The van der Waals surface area contributed by atoms with Gasteiger partial charge in [-0.3, -0.25) is 4.79 Å². The van der Waals surface area contributed by atoms with Gasteiger partial charge in [0.1, 0.15) is 5.88 Å². The molecule has 0 saturated carbocycles. The third kappa shape index (κ3) is 28.7. The van der Waals surface area contributed by atoms with Gasteiger partial charge < -0.3 is 14.2 Å². The van der Waals surface area contributed by atoms with Gasteiger partial charge in [0.2, 0.25) is 0 Å². The standard InChI is InChI=1S/C7H12O2.C5H8O2.C4H5ClO2/c1-3-5-6-9-7(8)4-2;1-3-5(6)7-4-2;1-2-7-4(6)3-5/h4H,2-3,5-6H2,1H3;3H,1,4H2,2H3;2H,1,3H2. The van der Waals surface area contributed by atoms with Gasteiger partial charge in [0.05, 0.1) is 19.5 Å². The molecule has 0 saturated heterocycles. The summed E-state index contributed by atoms with van der Waals surface area (Å²) in [4.78, 5) is 30.4. The largest absolute Gasteiger partial charge is 0.463 e. The molecule has 0 aliphatic carbocycles. The number of ether oxygens (including phenoxy) is 3. The summed E-state index contributed by atoms with van der Waals surface area (Å²) in [5.74, 6) is -1.28. The number of halogens is 1. The third-order valence-corrected chi connectivity index (χ3v) is 1.90. The van der Waals surface area contributed by atoms with Gasteiger partial charge in [-0.2, -0.15) is 0 Å². The van der Waals surface area contributed by atoms with Crippen LogP contribution in [0.2, 0.25) is 0 Å². The van der Waals surface area contributed by atoms with Gasteiger partial charge in [0.15, 0.2) is 0 Å². The molecule has 0 spiro atoms. The monoisotopic (exact) mass is 348 g/mol. The van der Waals surface area contributed by atoms with Crippen LogP contribution in [0, 0.1) is 0 Å². The van der Waals surface area contributed by atoms with E-state index in [1.807, 2.05) is 6.92 Å². The predicted octanol–water partition coefficient (Wildman–Crippen LogP) is 3.16. The fourth-order valence-corrected chi connectivity index (χ4v) is 0.765. The second kappa shape index (κ2) is 22.2.